The van der Waals surface area contributed by atoms with Gasteiger partial charge in [0.05, 0.1) is 32.5 Å². The van der Waals surface area contributed by atoms with Crippen LogP contribution >= 0.6 is 0 Å². The van der Waals surface area contributed by atoms with E-state index in [0.29, 0.717) is 69.5 Å². The molecule has 1 amide bonds. The third-order valence-electron chi connectivity index (χ3n) is 15.5. The predicted octanol–water partition coefficient (Wildman–Crippen LogP) is 2.28. The number of piperidine rings is 1. The molecular formula is C44H58N6O7. The van der Waals surface area contributed by atoms with Crippen LogP contribution in [0.1, 0.15) is 68.3 Å². The van der Waals surface area contributed by atoms with Crippen molar-refractivity contribution in [1.29, 1.82) is 0 Å². The molecular weight excluding hydrogens is 725 g/mol. The van der Waals surface area contributed by atoms with E-state index < -0.39 is 51.5 Å². The van der Waals surface area contributed by atoms with Gasteiger partial charge in [-0.3, -0.25) is 19.4 Å². The summed E-state index contributed by atoms with van der Waals surface area (Å²) in [6, 6.07) is 11.1. The molecule has 13 heteroatoms. The van der Waals surface area contributed by atoms with Crippen LogP contribution < -0.4 is 20.7 Å². The van der Waals surface area contributed by atoms with E-state index in [1.807, 2.05) is 56.1 Å². The fourth-order valence-corrected chi connectivity index (χ4v) is 13.3. The highest BCUT2D eigenvalue weighted by atomic mass is 16.5. The maximum atomic E-state index is 15.3. The van der Waals surface area contributed by atoms with Gasteiger partial charge >= 0.3 is 5.97 Å². The van der Waals surface area contributed by atoms with Crippen molar-refractivity contribution in [1.82, 2.24) is 20.1 Å². The number of H-pyrrole nitrogens is 1. The first-order valence-electron chi connectivity index (χ1n) is 20.7. The maximum Gasteiger partial charge on any atom is 0.322 e. The molecule has 1 spiro atoms. The van der Waals surface area contributed by atoms with Crippen LogP contribution in [0.5, 0.6) is 5.75 Å². The van der Waals surface area contributed by atoms with E-state index >= 15 is 4.79 Å². The number of hydrogen-bond acceptors (Lipinski definition) is 11. The lowest BCUT2D eigenvalue weighted by Crippen LogP contribution is -2.81. The highest BCUT2D eigenvalue weighted by Crippen LogP contribution is 2.67. The monoisotopic (exact) mass is 782 g/mol. The normalized spacial score (nSPS) is 38.0. The molecule has 3 fully saturated rings. The summed E-state index contributed by atoms with van der Waals surface area (Å²) in [7, 11) is 4.92. The Hall–Kier alpha value is -3.98. The van der Waals surface area contributed by atoms with Gasteiger partial charge in [-0.25, -0.2) is 0 Å². The Balaban J connectivity index is 1.36. The molecule has 306 valence electrons. The molecule has 13 nitrogen and oxygen atoms in total. The second-order valence-electron chi connectivity index (χ2n) is 17.8. The minimum atomic E-state index is -2.26. The molecule has 2 aromatic carbocycles. The van der Waals surface area contributed by atoms with Crippen molar-refractivity contribution in [3.63, 3.8) is 0 Å². The number of hydrogen-bond donors (Lipinski definition) is 6. The fraction of sp³-hybridized carbons (Fsp3) is 0.591. The number of nitrogens with two attached hydrogens (primary N) is 1. The van der Waals surface area contributed by atoms with Crippen LogP contribution in [-0.4, -0.2) is 132 Å². The number of esters is 1. The molecule has 57 heavy (non-hydrogen) atoms. The smallest absolute Gasteiger partial charge is 0.322 e. The summed E-state index contributed by atoms with van der Waals surface area (Å²) >= 11 is 0. The molecule has 9 rings (SSSR count). The number of nitrogens with one attached hydrogen (secondary N) is 2. The van der Waals surface area contributed by atoms with Gasteiger partial charge in [-0.15, -0.1) is 0 Å². The molecule has 6 unspecified atom stereocenters. The van der Waals surface area contributed by atoms with Gasteiger partial charge < -0.3 is 45.7 Å². The number of aliphatic hydroxyl groups is 3. The highest BCUT2D eigenvalue weighted by molar-refractivity contribution is 5.95. The zero-order valence-corrected chi connectivity index (χ0v) is 33.8. The van der Waals surface area contributed by atoms with Crippen molar-refractivity contribution in [2.45, 2.75) is 92.6 Å². The Labute approximate surface area is 334 Å². The third-order valence-corrected chi connectivity index (χ3v) is 15.5. The number of ether oxygens (including phenoxy) is 2. The average Bonchev–Trinajstić information content (AvgIpc) is 3.88. The number of amides is 1. The molecule has 6 aliphatic rings. The summed E-state index contributed by atoms with van der Waals surface area (Å²) in [5, 5.41) is 41.2. The van der Waals surface area contributed by atoms with Crippen LogP contribution in [0.4, 0.5) is 5.69 Å². The van der Waals surface area contributed by atoms with Crippen molar-refractivity contribution >= 4 is 28.5 Å². The molecule has 5 aliphatic heterocycles. The number of aliphatic hydroxyl groups excluding tert-OH is 1. The first kappa shape index (κ1) is 38.5. The van der Waals surface area contributed by atoms with Crippen molar-refractivity contribution in [3.05, 3.63) is 70.9 Å². The molecule has 10 atom stereocenters. The lowest BCUT2D eigenvalue weighted by Gasteiger charge is -2.63. The van der Waals surface area contributed by atoms with Crippen LogP contribution in [-0.2, 0) is 31.6 Å². The number of likely N-dealkylation sites (N-methyl/N-ethyl adjacent to an activating group) is 1. The zero-order chi connectivity index (χ0) is 40.3. The summed E-state index contributed by atoms with van der Waals surface area (Å²) in [6.07, 6.45) is 5.82. The van der Waals surface area contributed by atoms with E-state index in [2.05, 4.69) is 38.3 Å². The quantitative estimate of drug-likeness (QED) is 0.118. The molecule has 6 heterocycles. The number of aromatic nitrogens is 1. The molecule has 3 aromatic rings. The van der Waals surface area contributed by atoms with Gasteiger partial charge in [-0.1, -0.05) is 44.2 Å². The van der Waals surface area contributed by atoms with Crippen molar-refractivity contribution in [2.75, 3.05) is 65.6 Å². The molecule has 7 N–H and O–H groups in total. The number of carbonyl (C=O) groups is 2. The third kappa shape index (κ3) is 4.90. The zero-order valence-electron chi connectivity index (χ0n) is 33.8. The van der Waals surface area contributed by atoms with Crippen LogP contribution in [0.25, 0.3) is 10.9 Å². The van der Waals surface area contributed by atoms with E-state index in [1.165, 1.54) is 7.11 Å². The van der Waals surface area contributed by atoms with Gasteiger partial charge in [0.25, 0.3) is 5.91 Å². The lowest BCUT2D eigenvalue weighted by atomic mass is 9.47. The number of anilines is 1. The highest BCUT2D eigenvalue weighted by Gasteiger charge is 2.78. The van der Waals surface area contributed by atoms with Gasteiger partial charge in [0.15, 0.2) is 5.60 Å². The molecule has 2 saturated heterocycles. The van der Waals surface area contributed by atoms with Crippen LogP contribution in [0, 0.1) is 11.3 Å². The van der Waals surface area contributed by atoms with E-state index in [9.17, 15) is 20.1 Å². The number of methoxy groups -OCH3 is 2. The largest absolute Gasteiger partial charge is 0.496 e. The molecule has 1 aromatic heterocycles. The summed E-state index contributed by atoms with van der Waals surface area (Å²) < 4.78 is 12.3. The van der Waals surface area contributed by atoms with E-state index in [0.717, 1.165) is 46.5 Å². The van der Waals surface area contributed by atoms with Gasteiger partial charge in [0.1, 0.15) is 17.3 Å². The van der Waals surface area contributed by atoms with Crippen LogP contribution in [0.15, 0.2) is 48.6 Å². The summed E-state index contributed by atoms with van der Waals surface area (Å²) in [4.78, 5) is 40.0. The van der Waals surface area contributed by atoms with E-state index in [4.69, 9.17) is 15.2 Å². The lowest BCUT2D eigenvalue weighted by molar-refractivity contribution is -0.203. The Kier molecular flexibility index (Phi) is 8.97. The molecule has 2 bridgehead atoms. The average molecular weight is 783 g/mol. The van der Waals surface area contributed by atoms with Crippen molar-refractivity contribution in [2.24, 2.45) is 17.1 Å². The summed E-state index contributed by atoms with van der Waals surface area (Å²) in [5.74, 6) is -0.756. The molecule has 1 saturated carbocycles. The summed E-state index contributed by atoms with van der Waals surface area (Å²) in [5.41, 5.74) is 4.47. The second kappa shape index (κ2) is 13.3. The SMILES string of the molecule is CC[C@]1(O)CC2CN(CCc3c([nH]c4ccccc34)C(C(=O)OC)(c3cc4c(cc3OC)N(C)C3C(O)(C(=O)NCN)[C@H](O)[C@]5(CC)C=CCN6CCC43[C@@H]65)C2)C1. The maximum absolute atomic E-state index is 15.3. The van der Waals surface area contributed by atoms with Gasteiger partial charge in [0.2, 0.25) is 0 Å². The number of rotatable bonds is 7. The number of benzene rings is 2. The first-order chi connectivity index (χ1) is 27.3. The Morgan fingerprint density at radius 1 is 1.05 bits per heavy atom. The van der Waals surface area contributed by atoms with Crippen LogP contribution in [0.2, 0.25) is 0 Å². The number of fused-ring (bicyclic) bond motifs is 6. The van der Waals surface area contributed by atoms with Crippen LogP contribution in [0.3, 0.4) is 0 Å². The fourth-order valence-electron chi connectivity index (χ4n) is 13.3. The Bertz CT molecular complexity index is 2160. The molecule has 0 radical (unpaired) electrons. The predicted molar refractivity (Wildman–Crippen MR) is 216 cm³/mol. The number of nitrogens with zero attached hydrogens (tertiary/aromatic N) is 3. The first-order valence-corrected chi connectivity index (χ1v) is 20.7. The Morgan fingerprint density at radius 3 is 2.56 bits per heavy atom. The minimum Gasteiger partial charge on any atom is -0.496 e. The molecule has 1 aliphatic carbocycles. The summed E-state index contributed by atoms with van der Waals surface area (Å²) in [6.45, 7) is 7.20. The van der Waals surface area contributed by atoms with Gasteiger partial charge in [-0.2, -0.15) is 0 Å². The van der Waals surface area contributed by atoms with Crippen molar-refractivity contribution < 1.29 is 34.4 Å². The number of aromatic amines is 1. The number of carbonyl (C=O) groups excluding carboxylic acids is 2. The minimum absolute atomic E-state index is 0.0835. The van der Waals surface area contributed by atoms with Gasteiger partial charge in [0, 0.05) is 84.0 Å². The number of para-hydroxylation sites is 1. The van der Waals surface area contributed by atoms with E-state index in [1.54, 1.807) is 7.11 Å². The van der Waals surface area contributed by atoms with Crippen molar-refractivity contribution in [3.8, 4) is 5.75 Å². The van der Waals surface area contributed by atoms with E-state index in [-0.39, 0.29) is 18.6 Å². The Morgan fingerprint density at radius 2 is 1.84 bits per heavy atom. The second-order valence-corrected chi connectivity index (χ2v) is 17.8. The topological polar surface area (TPSA) is 177 Å². The standard InChI is InChI=1S/C44H58N6O7/c1-6-40(54)21-26-22-43(39(53)57-5,34-28(13-17-49(23-26)24-40)27-11-8-9-12-31(27)47-34)30-19-29-32(20-33(30)56-4)48(3)36-42(29)15-18-50-16-10-14-41(7-2,35(42)50)37(51)44(36,55)38(52)46-25-45/h8-12,14,19-20,26,35-37,47,51,54-55H,6-7,13,15-18,21-25,45H2,1-5H3,(H,46,52)/t26?,35-,36?,37+,40-,41+,42?,43?,44?/m0/s1. The van der Waals surface area contributed by atoms with Gasteiger partial charge in [-0.05, 0) is 74.2 Å².